The highest BCUT2D eigenvalue weighted by molar-refractivity contribution is 5.68. The van der Waals surface area contributed by atoms with Crippen LogP contribution in [0.3, 0.4) is 0 Å². The van der Waals surface area contributed by atoms with Crippen LogP contribution in [0.4, 0.5) is 10.5 Å². The number of nitrogen functional groups attached to an aromatic ring is 1. The number of ether oxygens (including phenoxy) is 2. The third kappa shape index (κ3) is 4.81. The van der Waals surface area contributed by atoms with Gasteiger partial charge in [-0.25, -0.2) is 9.78 Å². The summed E-state index contributed by atoms with van der Waals surface area (Å²) in [4.78, 5) is 17.9. The van der Waals surface area contributed by atoms with Gasteiger partial charge < -0.3 is 20.1 Å². The molecule has 0 aromatic carbocycles. The van der Waals surface area contributed by atoms with E-state index in [0.717, 1.165) is 12.8 Å². The number of aromatic nitrogens is 1. The molecule has 1 aliphatic heterocycles. The van der Waals surface area contributed by atoms with Crippen LogP contribution in [0.1, 0.15) is 33.6 Å². The van der Waals surface area contributed by atoms with E-state index in [1.54, 1.807) is 23.2 Å². The lowest BCUT2D eigenvalue weighted by atomic mass is 10.1. The lowest BCUT2D eigenvalue weighted by molar-refractivity contribution is 0.00723. The fourth-order valence-electron chi connectivity index (χ4n) is 2.19. The predicted octanol–water partition coefficient (Wildman–Crippen LogP) is 2.44. The van der Waals surface area contributed by atoms with Gasteiger partial charge in [-0.15, -0.1) is 0 Å². The van der Waals surface area contributed by atoms with Gasteiger partial charge in [0.25, 0.3) is 0 Å². The maximum absolute atomic E-state index is 12.1. The molecule has 2 N–H and O–H groups in total. The molecule has 1 aliphatic rings. The predicted molar refractivity (Wildman–Crippen MR) is 80.1 cm³/mol. The largest absolute Gasteiger partial charge is 0.472 e. The van der Waals surface area contributed by atoms with E-state index in [4.69, 9.17) is 15.2 Å². The number of nitrogens with two attached hydrogens (primary N) is 1. The molecule has 116 valence electrons. The summed E-state index contributed by atoms with van der Waals surface area (Å²) in [5.74, 6) is 0.492. The molecule has 1 aromatic heterocycles. The lowest BCUT2D eigenvalue weighted by Gasteiger charge is -2.33. The van der Waals surface area contributed by atoms with Crippen molar-refractivity contribution in [1.29, 1.82) is 0 Å². The third-order valence-electron chi connectivity index (χ3n) is 3.08. The number of likely N-dealkylation sites (tertiary alicyclic amines) is 1. The Morgan fingerprint density at radius 2 is 2.24 bits per heavy atom. The van der Waals surface area contributed by atoms with Crippen LogP contribution < -0.4 is 10.5 Å². The second kappa shape index (κ2) is 6.20. The van der Waals surface area contributed by atoms with E-state index in [1.807, 2.05) is 20.8 Å². The Kier molecular flexibility index (Phi) is 4.55. The van der Waals surface area contributed by atoms with Crippen molar-refractivity contribution in [2.45, 2.75) is 45.3 Å². The molecule has 1 unspecified atom stereocenters. The lowest BCUT2D eigenvalue weighted by Crippen LogP contribution is -2.46. The van der Waals surface area contributed by atoms with Crippen LogP contribution >= 0.6 is 0 Å². The van der Waals surface area contributed by atoms with E-state index in [2.05, 4.69) is 4.98 Å². The summed E-state index contributed by atoms with van der Waals surface area (Å²) in [6.07, 6.45) is 3.00. The van der Waals surface area contributed by atoms with E-state index < -0.39 is 5.60 Å². The number of carbonyl (C=O) groups excluding carboxylic acids is 1. The van der Waals surface area contributed by atoms with Crippen LogP contribution in [0.2, 0.25) is 0 Å². The standard InChI is InChI=1S/C15H23N3O3/c1-15(2,3)21-14(19)18-8-4-5-12(10-18)20-13-9-11(16)6-7-17-13/h6-7,9,12H,4-5,8,10H2,1-3H3,(H2,16,17). The number of rotatable bonds is 2. The topological polar surface area (TPSA) is 77.7 Å². The van der Waals surface area contributed by atoms with E-state index in [-0.39, 0.29) is 12.2 Å². The van der Waals surface area contributed by atoms with Crippen molar-refractivity contribution in [3.63, 3.8) is 0 Å². The zero-order valence-corrected chi connectivity index (χ0v) is 12.8. The molecule has 6 heteroatoms. The first-order valence-electron chi connectivity index (χ1n) is 7.19. The van der Waals surface area contributed by atoms with Crippen molar-refractivity contribution in [2.24, 2.45) is 0 Å². The summed E-state index contributed by atoms with van der Waals surface area (Å²) in [6, 6.07) is 3.40. The minimum atomic E-state index is -0.486. The quantitative estimate of drug-likeness (QED) is 0.906. The summed E-state index contributed by atoms with van der Waals surface area (Å²) in [5, 5.41) is 0. The number of hydrogen-bond acceptors (Lipinski definition) is 5. The maximum atomic E-state index is 12.1. The average molecular weight is 293 g/mol. The molecule has 1 atom stereocenters. The Morgan fingerprint density at radius 3 is 2.90 bits per heavy atom. The fourth-order valence-corrected chi connectivity index (χ4v) is 2.19. The van der Waals surface area contributed by atoms with E-state index in [0.29, 0.717) is 24.7 Å². The van der Waals surface area contributed by atoms with Gasteiger partial charge in [0.2, 0.25) is 5.88 Å². The van der Waals surface area contributed by atoms with Crippen molar-refractivity contribution >= 4 is 11.8 Å². The summed E-state index contributed by atoms with van der Waals surface area (Å²) >= 11 is 0. The number of carbonyl (C=O) groups is 1. The summed E-state index contributed by atoms with van der Waals surface area (Å²) in [5.41, 5.74) is 5.83. The SMILES string of the molecule is CC(C)(C)OC(=O)N1CCCC(Oc2cc(N)ccn2)C1. The summed E-state index contributed by atoms with van der Waals surface area (Å²) in [6.45, 7) is 6.78. The molecule has 0 bridgehead atoms. The van der Waals surface area contributed by atoms with Crippen LogP contribution in [0, 0.1) is 0 Å². The van der Waals surface area contributed by atoms with Crippen LogP contribution in [0.5, 0.6) is 5.88 Å². The minimum Gasteiger partial charge on any atom is -0.472 e. The Morgan fingerprint density at radius 1 is 1.48 bits per heavy atom. The number of hydrogen-bond donors (Lipinski definition) is 1. The molecular weight excluding hydrogens is 270 g/mol. The van der Waals surface area contributed by atoms with Crippen molar-refractivity contribution < 1.29 is 14.3 Å². The van der Waals surface area contributed by atoms with Gasteiger partial charge in [-0.1, -0.05) is 0 Å². The smallest absolute Gasteiger partial charge is 0.410 e. The van der Waals surface area contributed by atoms with Crippen molar-refractivity contribution in [3.05, 3.63) is 18.3 Å². The maximum Gasteiger partial charge on any atom is 0.410 e. The van der Waals surface area contributed by atoms with Crippen LogP contribution in [0.25, 0.3) is 0 Å². The second-order valence-electron chi connectivity index (χ2n) is 6.24. The number of piperidine rings is 1. The molecule has 0 radical (unpaired) electrons. The monoisotopic (exact) mass is 293 g/mol. The molecule has 1 aromatic rings. The van der Waals surface area contributed by atoms with Gasteiger partial charge in [-0.05, 0) is 39.7 Å². The molecule has 6 nitrogen and oxygen atoms in total. The highest BCUT2D eigenvalue weighted by Crippen LogP contribution is 2.20. The number of anilines is 1. The highest BCUT2D eigenvalue weighted by atomic mass is 16.6. The molecule has 1 amide bonds. The normalized spacial score (nSPS) is 19.2. The van der Waals surface area contributed by atoms with Crippen LogP contribution in [0.15, 0.2) is 18.3 Å². The van der Waals surface area contributed by atoms with Gasteiger partial charge in [0, 0.05) is 24.5 Å². The number of nitrogens with zero attached hydrogens (tertiary/aromatic N) is 2. The van der Waals surface area contributed by atoms with Crippen molar-refractivity contribution in [1.82, 2.24) is 9.88 Å². The van der Waals surface area contributed by atoms with Crippen molar-refractivity contribution in [2.75, 3.05) is 18.8 Å². The van der Waals surface area contributed by atoms with Gasteiger partial charge in [0.1, 0.15) is 11.7 Å². The first kappa shape index (κ1) is 15.4. The molecule has 21 heavy (non-hydrogen) atoms. The first-order chi connectivity index (χ1) is 9.83. The fraction of sp³-hybridized carbons (Fsp3) is 0.600. The van der Waals surface area contributed by atoms with Gasteiger partial charge in [0.05, 0.1) is 6.54 Å². The summed E-state index contributed by atoms with van der Waals surface area (Å²) < 4.78 is 11.2. The number of pyridine rings is 1. The molecule has 0 spiro atoms. The van der Waals surface area contributed by atoms with Gasteiger partial charge in [-0.2, -0.15) is 0 Å². The molecule has 0 aliphatic carbocycles. The zero-order chi connectivity index (χ0) is 15.5. The second-order valence-corrected chi connectivity index (χ2v) is 6.24. The number of amides is 1. The minimum absolute atomic E-state index is 0.0828. The van der Waals surface area contributed by atoms with Gasteiger partial charge >= 0.3 is 6.09 Å². The Balaban J connectivity index is 1.93. The van der Waals surface area contributed by atoms with Gasteiger partial charge in [-0.3, -0.25) is 0 Å². The zero-order valence-electron chi connectivity index (χ0n) is 12.8. The molecule has 0 saturated carbocycles. The molecule has 2 rings (SSSR count). The molecule has 1 fully saturated rings. The first-order valence-corrected chi connectivity index (χ1v) is 7.19. The van der Waals surface area contributed by atoms with Crippen LogP contribution in [-0.4, -0.2) is 40.8 Å². The Labute approximate surface area is 125 Å². The average Bonchev–Trinajstić information content (AvgIpc) is 2.37. The van der Waals surface area contributed by atoms with E-state index in [1.165, 1.54) is 0 Å². The van der Waals surface area contributed by atoms with E-state index in [9.17, 15) is 4.79 Å². The highest BCUT2D eigenvalue weighted by Gasteiger charge is 2.28. The van der Waals surface area contributed by atoms with Crippen molar-refractivity contribution in [3.8, 4) is 5.88 Å². The molecule has 2 heterocycles. The Hall–Kier alpha value is -1.98. The van der Waals surface area contributed by atoms with Gasteiger partial charge in [0.15, 0.2) is 0 Å². The van der Waals surface area contributed by atoms with Crippen LogP contribution in [-0.2, 0) is 4.74 Å². The van der Waals surface area contributed by atoms with E-state index >= 15 is 0 Å². The molecular formula is C15H23N3O3. The summed E-state index contributed by atoms with van der Waals surface area (Å²) in [7, 11) is 0. The Bertz CT molecular complexity index is 499. The molecule has 1 saturated heterocycles. The third-order valence-corrected chi connectivity index (χ3v) is 3.08.